The maximum atomic E-state index is 9.55. The maximum absolute atomic E-state index is 9.55. The second-order valence-corrected chi connectivity index (χ2v) is 3.18. The molecule has 1 N–H and O–H groups in total. The maximum Gasteiger partial charge on any atom is 0.0838 e. The summed E-state index contributed by atoms with van der Waals surface area (Å²) in [7, 11) is 0. The zero-order valence-electron chi connectivity index (χ0n) is 6.70. The van der Waals surface area contributed by atoms with Gasteiger partial charge in [-0.05, 0) is 5.56 Å². The summed E-state index contributed by atoms with van der Waals surface area (Å²) in [4.78, 5) is 0. The molecule has 0 bridgehead atoms. The molecule has 0 aliphatic rings. The van der Waals surface area contributed by atoms with Crippen molar-refractivity contribution in [3.8, 4) is 0 Å². The third-order valence-corrected chi connectivity index (χ3v) is 1.75. The van der Waals surface area contributed by atoms with E-state index in [2.05, 4.69) is 6.58 Å². The molecule has 64 valence electrons. The Hall–Kier alpha value is -0.790. The highest BCUT2D eigenvalue weighted by Gasteiger charge is 2.06. The number of halogens is 1. The molecule has 0 spiro atoms. The van der Waals surface area contributed by atoms with Gasteiger partial charge in [0.15, 0.2) is 0 Å². The van der Waals surface area contributed by atoms with E-state index in [-0.39, 0.29) is 0 Å². The van der Waals surface area contributed by atoms with Gasteiger partial charge in [0.25, 0.3) is 0 Å². The van der Waals surface area contributed by atoms with Crippen LogP contribution in [0.1, 0.15) is 18.1 Å². The van der Waals surface area contributed by atoms with E-state index < -0.39 is 6.10 Å². The lowest BCUT2D eigenvalue weighted by molar-refractivity contribution is 0.180. The minimum Gasteiger partial charge on any atom is -0.388 e. The fraction of sp³-hybridized carbons (Fsp3) is 0.200. The van der Waals surface area contributed by atoms with Crippen LogP contribution in [0.2, 0.25) is 0 Å². The van der Waals surface area contributed by atoms with Gasteiger partial charge < -0.3 is 5.11 Å². The largest absolute Gasteiger partial charge is 0.388 e. The SMILES string of the molecule is C=C(Cl)C[C@H](O)c1ccccc1. The molecule has 12 heavy (non-hydrogen) atoms. The van der Waals surface area contributed by atoms with E-state index in [1.807, 2.05) is 30.3 Å². The first kappa shape index (κ1) is 9.30. The van der Waals surface area contributed by atoms with E-state index in [0.717, 1.165) is 5.56 Å². The van der Waals surface area contributed by atoms with Crippen LogP contribution >= 0.6 is 11.6 Å². The first-order chi connectivity index (χ1) is 5.70. The summed E-state index contributed by atoms with van der Waals surface area (Å²) >= 11 is 5.57. The molecule has 0 radical (unpaired) electrons. The van der Waals surface area contributed by atoms with E-state index >= 15 is 0 Å². The number of aliphatic hydroxyl groups excluding tert-OH is 1. The smallest absolute Gasteiger partial charge is 0.0838 e. The highest BCUT2D eigenvalue weighted by molar-refractivity contribution is 6.29. The van der Waals surface area contributed by atoms with Crippen molar-refractivity contribution in [2.24, 2.45) is 0 Å². The van der Waals surface area contributed by atoms with Crippen LogP contribution in [-0.2, 0) is 0 Å². The molecule has 0 aromatic heterocycles. The van der Waals surface area contributed by atoms with Gasteiger partial charge in [0.1, 0.15) is 0 Å². The lowest BCUT2D eigenvalue weighted by atomic mass is 10.1. The number of rotatable bonds is 3. The molecule has 0 fully saturated rings. The number of hydrogen-bond donors (Lipinski definition) is 1. The van der Waals surface area contributed by atoms with Crippen LogP contribution < -0.4 is 0 Å². The van der Waals surface area contributed by atoms with Gasteiger partial charge in [-0.25, -0.2) is 0 Å². The first-order valence-corrected chi connectivity index (χ1v) is 4.14. The minimum absolute atomic E-state index is 0.408. The number of aliphatic hydroxyl groups is 1. The zero-order valence-corrected chi connectivity index (χ0v) is 7.46. The highest BCUT2D eigenvalue weighted by Crippen LogP contribution is 2.21. The van der Waals surface area contributed by atoms with Crippen molar-refractivity contribution in [2.75, 3.05) is 0 Å². The van der Waals surface area contributed by atoms with Gasteiger partial charge in [-0.1, -0.05) is 48.5 Å². The summed E-state index contributed by atoms with van der Waals surface area (Å²) in [6.45, 7) is 3.53. The molecule has 1 aromatic carbocycles. The third kappa shape index (κ3) is 2.68. The van der Waals surface area contributed by atoms with Crippen molar-refractivity contribution >= 4 is 11.6 Å². The van der Waals surface area contributed by atoms with Gasteiger partial charge in [-0.3, -0.25) is 0 Å². The molecule has 1 rings (SSSR count). The average Bonchev–Trinajstić information content (AvgIpc) is 2.05. The Morgan fingerprint density at radius 2 is 2.00 bits per heavy atom. The van der Waals surface area contributed by atoms with E-state index in [1.165, 1.54) is 0 Å². The molecule has 0 aliphatic heterocycles. The predicted octanol–water partition coefficient (Wildman–Crippen LogP) is 2.86. The van der Waals surface area contributed by atoms with Gasteiger partial charge >= 0.3 is 0 Å². The Balaban J connectivity index is 2.65. The third-order valence-electron chi connectivity index (χ3n) is 1.60. The summed E-state index contributed by atoms with van der Waals surface area (Å²) in [6, 6.07) is 9.41. The summed E-state index contributed by atoms with van der Waals surface area (Å²) in [5.74, 6) is 0. The summed E-state index contributed by atoms with van der Waals surface area (Å²) in [5, 5.41) is 10.0. The monoisotopic (exact) mass is 182 g/mol. The van der Waals surface area contributed by atoms with Crippen LogP contribution in [0.5, 0.6) is 0 Å². The molecule has 0 unspecified atom stereocenters. The van der Waals surface area contributed by atoms with Crippen LogP contribution in [0.3, 0.4) is 0 Å². The van der Waals surface area contributed by atoms with Gasteiger partial charge in [0.2, 0.25) is 0 Å². The molecule has 2 heteroatoms. The Morgan fingerprint density at radius 3 is 2.50 bits per heavy atom. The molecule has 0 aliphatic carbocycles. The van der Waals surface area contributed by atoms with Crippen LogP contribution in [0.15, 0.2) is 41.9 Å². The topological polar surface area (TPSA) is 20.2 Å². The molecule has 0 saturated carbocycles. The average molecular weight is 183 g/mol. The number of benzene rings is 1. The quantitative estimate of drug-likeness (QED) is 0.762. The molecule has 1 atom stereocenters. The Labute approximate surface area is 77.3 Å². The summed E-state index contributed by atoms with van der Waals surface area (Å²) < 4.78 is 0. The second kappa shape index (κ2) is 4.29. The van der Waals surface area contributed by atoms with Crippen molar-refractivity contribution < 1.29 is 5.11 Å². The molecule has 0 saturated heterocycles. The molecule has 0 amide bonds. The Bertz CT molecular complexity index is 256. The van der Waals surface area contributed by atoms with Gasteiger partial charge in [-0.15, -0.1) is 0 Å². The van der Waals surface area contributed by atoms with E-state index in [4.69, 9.17) is 11.6 Å². The van der Waals surface area contributed by atoms with E-state index in [1.54, 1.807) is 0 Å². The first-order valence-electron chi connectivity index (χ1n) is 3.76. The molecular formula is C10H11ClO. The van der Waals surface area contributed by atoms with E-state index in [9.17, 15) is 5.11 Å². The van der Waals surface area contributed by atoms with Gasteiger partial charge in [0.05, 0.1) is 6.10 Å². The van der Waals surface area contributed by atoms with Crippen molar-refractivity contribution in [3.63, 3.8) is 0 Å². The van der Waals surface area contributed by atoms with Gasteiger partial charge in [0, 0.05) is 11.5 Å². The summed E-state index contributed by atoms with van der Waals surface area (Å²) in [5.41, 5.74) is 0.874. The lowest BCUT2D eigenvalue weighted by Gasteiger charge is -2.08. The van der Waals surface area contributed by atoms with Crippen molar-refractivity contribution in [3.05, 3.63) is 47.5 Å². The highest BCUT2D eigenvalue weighted by atomic mass is 35.5. The van der Waals surface area contributed by atoms with Crippen LogP contribution in [0.4, 0.5) is 0 Å². The minimum atomic E-state index is -0.531. The van der Waals surface area contributed by atoms with Crippen molar-refractivity contribution in [1.29, 1.82) is 0 Å². The molecule has 0 heterocycles. The molecular weight excluding hydrogens is 172 g/mol. The van der Waals surface area contributed by atoms with Crippen LogP contribution in [-0.4, -0.2) is 5.11 Å². The molecule has 1 aromatic rings. The predicted molar refractivity (Wildman–Crippen MR) is 51.0 cm³/mol. The van der Waals surface area contributed by atoms with E-state index in [0.29, 0.717) is 11.5 Å². The number of hydrogen-bond acceptors (Lipinski definition) is 1. The van der Waals surface area contributed by atoms with Crippen LogP contribution in [0, 0.1) is 0 Å². The summed E-state index contributed by atoms with van der Waals surface area (Å²) in [6.07, 6.45) is -0.123. The zero-order chi connectivity index (χ0) is 8.97. The lowest BCUT2D eigenvalue weighted by Crippen LogP contribution is -1.95. The normalized spacial score (nSPS) is 12.5. The second-order valence-electron chi connectivity index (χ2n) is 2.65. The Morgan fingerprint density at radius 1 is 1.42 bits per heavy atom. The van der Waals surface area contributed by atoms with Crippen molar-refractivity contribution in [1.82, 2.24) is 0 Å². The van der Waals surface area contributed by atoms with Crippen LogP contribution in [0.25, 0.3) is 0 Å². The van der Waals surface area contributed by atoms with Crippen molar-refractivity contribution in [2.45, 2.75) is 12.5 Å². The molecule has 1 nitrogen and oxygen atoms in total. The fourth-order valence-electron chi connectivity index (χ4n) is 1.00. The standard InChI is InChI=1S/C10H11ClO/c1-8(11)7-10(12)9-5-3-2-4-6-9/h2-6,10,12H,1,7H2/t10-/m0/s1. The fourth-order valence-corrected chi connectivity index (χ4v) is 1.15. The van der Waals surface area contributed by atoms with Gasteiger partial charge in [-0.2, -0.15) is 0 Å². The Kier molecular flexibility index (Phi) is 3.32.